The Morgan fingerprint density at radius 3 is 2.44 bits per heavy atom. The van der Waals surface area contributed by atoms with Crippen molar-refractivity contribution in [1.82, 2.24) is 0 Å². The van der Waals surface area contributed by atoms with Crippen molar-refractivity contribution >= 4 is 21.6 Å². The maximum atomic E-state index is 11.1. The summed E-state index contributed by atoms with van der Waals surface area (Å²) in [6.07, 6.45) is 0. The average molecular weight is 292 g/mol. The lowest BCUT2D eigenvalue weighted by molar-refractivity contribution is 0.225. The van der Waals surface area contributed by atoms with Gasteiger partial charge in [0.1, 0.15) is 5.75 Å². The summed E-state index contributed by atoms with van der Waals surface area (Å²) >= 11 is 5.95. The van der Waals surface area contributed by atoms with Crippen molar-refractivity contribution in [2.75, 3.05) is 12.4 Å². The molecule has 6 heteroatoms. The van der Waals surface area contributed by atoms with E-state index in [2.05, 4.69) is 0 Å². The third-order valence-corrected chi connectivity index (χ3v) is 3.88. The van der Waals surface area contributed by atoms with Gasteiger partial charge in [-0.05, 0) is 18.1 Å². The van der Waals surface area contributed by atoms with Crippen LogP contribution >= 0.6 is 11.6 Å². The van der Waals surface area contributed by atoms with E-state index < -0.39 is 10.0 Å². The molecular formula is C12H18ClNO3S. The molecule has 4 nitrogen and oxygen atoms in total. The first kappa shape index (κ1) is 15.3. The third kappa shape index (κ3) is 5.25. The van der Waals surface area contributed by atoms with Gasteiger partial charge in [0, 0.05) is 5.92 Å². The van der Waals surface area contributed by atoms with Crippen molar-refractivity contribution < 1.29 is 13.2 Å². The Kier molecular flexibility index (Phi) is 5.44. The molecule has 0 fully saturated rings. The fourth-order valence-electron chi connectivity index (χ4n) is 1.49. The fourth-order valence-corrected chi connectivity index (χ4v) is 2.76. The summed E-state index contributed by atoms with van der Waals surface area (Å²) in [6.45, 7) is 4.15. The summed E-state index contributed by atoms with van der Waals surface area (Å²) < 4.78 is 27.8. The van der Waals surface area contributed by atoms with E-state index in [4.69, 9.17) is 21.5 Å². The van der Waals surface area contributed by atoms with E-state index in [0.29, 0.717) is 10.8 Å². The Morgan fingerprint density at radius 2 is 1.94 bits per heavy atom. The monoisotopic (exact) mass is 291 g/mol. The van der Waals surface area contributed by atoms with E-state index >= 15 is 0 Å². The van der Waals surface area contributed by atoms with Gasteiger partial charge in [0.05, 0.1) is 17.4 Å². The van der Waals surface area contributed by atoms with E-state index in [0.717, 1.165) is 0 Å². The van der Waals surface area contributed by atoms with Gasteiger partial charge in [-0.3, -0.25) is 0 Å². The lowest BCUT2D eigenvalue weighted by Crippen LogP contribution is -2.30. The Balaban J connectivity index is 2.66. The quantitative estimate of drug-likeness (QED) is 0.874. The smallest absolute Gasteiger partial charge is 0.209 e. The van der Waals surface area contributed by atoms with E-state index in [9.17, 15) is 8.42 Å². The Morgan fingerprint density at radius 1 is 1.33 bits per heavy atom. The van der Waals surface area contributed by atoms with Crippen LogP contribution in [-0.2, 0) is 10.0 Å². The van der Waals surface area contributed by atoms with Crippen molar-refractivity contribution in [2.45, 2.75) is 13.8 Å². The summed E-state index contributed by atoms with van der Waals surface area (Å²) in [5, 5.41) is 5.57. The van der Waals surface area contributed by atoms with Gasteiger partial charge in [0.25, 0.3) is 0 Å². The van der Waals surface area contributed by atoms with Crippen LogP contribution in [0.25, 0.3) is 0 Å². The number of sulfonamides is 1. The van der Waals surface area contributed by atoms with Crippen LogP contribution in [0.5, 0.6) is 5.75 Å². The lowest BCUT2D eigenvalue weighted by atomic mass is 9.99. The molecule has 0 amide bonds. The minimum Gasteiger partial charge on any atom is -0.492 e. The van der Waals surface area contributed by atoms with Gasteiger partial charge in [0.2, 0.25) is 10.0 Å². The Labute approximate surface area is 113 Å². The molecule has 0 aliphatic heterocycles. The van der Waals surface area contributed by atoms with Crippen molar-refractivity contribution in [3.63, 3.8) is 0 Å². The molecule has 1 unspecified atom stereocenters. The van der Waals surface area contributed by atoms with Crippen LogP contribution in [0, 0.1) is 11.8 Å². The Bertz CT molecular complexity index is 488. The zero-order valence-corrected chi connectivity index (χ0v) is 12.0. The van der Waals surface area contributed by atoms with Gasteiger partial charge in [-0.2, -0.15) is 0 Å². The Hall–Kier alpha value is -0.780. The predicted octanol–water partition coefficient (Wildman–Crippen LogP) is 2.28. The van der Waals surface area contributed by atoms with Gasteiger partial charge in [0.15, 0.2) is 0 Å². The molecule has 1 rings (SSSR count). The molecule has 0 heterocycles. The van der Waals surface area contributed by atoms with Gasteiger partial charge in [-0.15, -0.1) is 0 Å². The van der Waals surface area contributed by atoms with Crippen molar-refractivity contribution in [3.8, 4) is 5.75 Å². The van der Waals surface area contributed by atoms with Crippen LogP contribution in [0.15, 0.2) is 24.3 Å². The molecule has 0 radical (unpaired) electrons. The van der Waals surface area contributed by atoms with Gasteiger partial charge >= 0.3 is 0 Å². The van der Waals surface area contributed by atoms with E-state index in [1.807, 2.05) is 19.9 Å². The zero-order chi connectivity index (χ0) is 13.8. The summed E-state index contributed by atoms with van der Waals surface area (Å²) in [6, 6.07) is 7.09. The molecular weight excluding hydrogens is 274 g/mol. The molecule has 0 aliphatic carbocycles. The average Bonchev–Trinajstić information content (AvgIpc) is 2.24. The normalized spacial score (nSPS) is 13.6. The number of primary sulfonamides is 1. The van der Waals surface area contributed by atoms with Crippen molar-refractivity contribution in [1.29, 1.82) is 0 Å². The minimum atomic E-state index is -3.50. The molecule has 0 saturated heterocycles. The third-order valence-electron chi connectivity index (χ3n) is 2.68. The van der Waals surface area contributed by atoms with E-state index in [1.165, 1.54) is 0 Å². The van der Waals surface area contributed by atoms with Crippen LogP contribution in [0.2, 0.25) is 5.02 Å². The molecule has 1 aromatic rings. The molecule has 2 N–H and O–H groups in total. The second kappa shape index (κ2) is 6.41. The molecule has 0 aromatic heterocycles. The van der Waals surface area contributed by atoms with Crippen LogP contribution < -0.4 is 9.88 Å². The molecule has 18 heavy (non-hydrogen) atoms. The second-order valence-electron chi connectivity index (χ2n) is 4.58. The van der Waals surface area contributed by atoms with Crippen molar-refractivity contribution in [2.24, 2.45) is 17.0 Å². The summed E-state index contributed by atoms with van der Waals surface area (Å²) in [5.74, 6) is 0.469. The van der Waals surface area contributed by atoms with E-state index in [1.54, 1.807) is 18.2 Å². The highest BCUT2D eigenvalue weighted by atomic mass is 35.5. The van der Waals surface area contributed by atoms with Crippen molar-refractivity contribution in [3.05, 3.63) is 29.3 Å². The highest BCUT2D eigenvalue weighted by molar-refractivity contribution is 7.89. The number of nitrogens with two attached hydrogens (primary N) is 1. The number of para-hydroxylation sites is 1. The van der Waals surface area contributed by atoms with Crippen LogP contribution in [0.4, 0.5) is 0 Å². The highest BCUT2D eigenvalue weighted by Gasteiger charge is 2.20. The van der Waals surface area contributed by atoms with Gasteiger partial charge in [-0.25, -0.2) is 13.6 Å². The number of benzene rings is 1. The van der Waals surface area contributed by atoms with E-state index in [-0.39, 0.29) is 24.2 Å². The predicted molar refractivity (Wildman–Crippen MR) is 73.2 cm³/mol. The highest BCUT2D eigenvalue weighted by Crippen LogP contribution is 2.24. The maximum Gasteiger partial charge on any atom is 0.209 e. The first-order valence-electron chi connectivity index (χ1n) is 5.67. The summed E-state index contributed by atoms with van der Waals surface area (Å²) in [5.41, 5.74) is 0. The lowest BCUT2D eigenvalue weighted by Gasteiger charge is -2.20. The standard InChI is InChI=1S/C12H18ClNO3S/c1-9(2)10(8-18(14,15)16)7-17-12-6-4-3-5-11(12)13/h3-6,9-10H,7-8H2,1-2H3,(H2,14,15,16). The number of hydrogen-bond acceptors (Lipinski definition) is 3. The zero-order valence-electron chi connectivity index (χ0n) is 10.5. The molecule has 0 spiro atoms. The summed E-state index contributed by atoms with van der Waals surface area (Å²) in [7, 11) is -3.50. The molecule has 1 atom stereocenters. The largest absolute Gasteiger partial charge is 0.492 e. The number of ether oxygens (including phenoxy) is 1. The summed E-state index contributed by atoms with van der Waals surface area (Å²) in [4.78, 5) is 0. The molecule has 102 valence electrons. The molecule has 0 bridgehead atoms. The molecule has 0 saturated carbocycles. The van der Waals surface area contributed by atoms with Crippen LogP contribution in [0.1, 0.15) is 13.8 Å². The number of halogens is 1. The van der Waals surface area contributed by atoms with Gasteiger partial charge < -0.3 is 4.74 Å². The molecule has 0 aliphatic rings. The van der Waals surface area contributed by atoms with Gasteiger partial charge in [-0.1, -0.05) is 37.6 Å². The topological polar surface area (TPSA) is 69.4 Å². The fraction of sp³-hybridized carbons (Fsp3) is 0.500. The van der Waals surface area contributed by atoms with Crippen LogP contribution in [0.3, 0.4) is 0 Å². The number of rotatable bonds is 6. The maximum absolute atomic E-state index is 11.1. The minimum absolute atomic E-state index is 0.0882. The first-order valence-corrected chi connectivity index (χ1v) is 7.76. The first-order chi connectivity index (χ1) is 8.29. The number of hydrogen-bond donors (Lipinski definition) is 1. The molecule has 1 aromatic carbocycles. The SMILES string of the molecule is CC(C)C(COc1ccccc1Cl)CS(N)(=O)=O. The van der Waals surface area contributed by atoms with Crippen LogP contribution in [-0.4, -0.2) is 20.8 Å². The second-order valence-corrected chi connectivity index (χ2v) is 6.64.